The third kappa shape index (κ3) is 4.66. The smallest absolute Gasteiger partial charge is 0.321 e. The van der Waals surface area contributed by atoms with Crippen molar-refractivity contribution in [2.75, 3.05) is 18.4 Å². The lowest BCUT2D eigenvalue weighted by molar-refractivity contribution is 0.0944. The third-order valence-corrected chi connectivity index (χ3v) is 6.49. The van der Waals surface area contributed by atoms with E-state index in [2.05, 4.69) is 15.7 Å². The molecule has 0 saturated carbocycles. The fraction of sp³-hybridized carbons (Fsp3) is 0.346. The number of hydrogen-bond donors (Lipinski definition) is 2. The van der Waals surface area contributed by atoms with Gasteiger partial charge in [-0.2, -0.15) is 5.10 Å². The van der Waals surface area contributed by atoms with Gasteiger partial charge in [0.15, 0.2) is 5.69 Å². The fourth-order valence-electron chi connectivity index (χ4n) is 4.73. The molecule has 0 bridgehead atoms. The molecule has 8 heteroatoms. The van der Waals surface area contributed by atoms with Gasteiger partial charge in [0.05, 0.1) is 5.69 Å². The van der Waals surface area contributed by atoms with E-state index in [-0.39, 0.29) is 17.8 Å². The first-order chi connectivity index (χ1) is 16.6. The number of rotatable bonds is 5. The zero-order valence-corrected chi connectivity index (χ0v) is 19.0. The molecule has 1 aliphatic carbocycles. The standard InChI is InChI=1S/C26H28FN5O2/c27-19-10-12-21(13-11-19)32-23-9-2-1-8-22(23)24(30-32)25(33)28-17-18-6-5-7-20(16-18)29-26(34)31-14-3-4-15-31/h5-7,10-13,16H,1-4,8-9,14-15,17H2,(H,28,33)(H,29,34). The maximum atomic E-state index is 13.4. The summed E-state index contributed by atoms with van der Waals surface area (Å²) in [6, 6.07) is 13.6. The predicted molar refractivity (Wildman–Crippen MR) is 128 cm³/mol. The number of carbonyl (C=O) groups excluding carboxylic acids is 2. The Labute approximate surface area is 198 Å². The Morgan fingerprint density at radius 3 is 2.53 bits per heavy atom. The van der Waals surface area contributed by atoms with Gasteiger partial charge >= 0.3 is 6.03 Å². The highest BCUT2D eigenvalue weighted by molar-refractivity contribution is 5.94. The molecular weight excluding hydrogens is 433 g/mol. The van der Waals surface area contributed by atoms with Crippen LogP contribution in [-0.2, 0) is 19.4 Å². The number of carbonyl (C=O) groups is 2. The number of halogens is 1. The molecule has 3 aromatic rings. The number of likely N-dealkylation sites (tertiary alicyclic amines) is 1. The molecule has 2 heterocycles. The summed E-state index contributed by atoms with van der Waals surface area (Å²) in [5.41, 5.74) is 4.77. The van der Waals surface area contributed by atoms with E-state index in [0.717, 1.165) is 74.1 Å². The van der Waals surface area contributed by atoms with E-state index < -0.39 is 0 Å². The van der Waals surface area contributed by atoms with Crippen molar-refractivity contribution in [2.45, 2.75) is 45.1 Å². The van der Waals surface area contributed by atoms with Crippen molar-refractivity contribution in [1.29, 1.82) is 0 Å². The zero-order valence-electron chi connectivity index (χ0n) is 19.0. The second kappa shape index (κ2) is 9.67. The van der Waals surface area contributed by atoms with E-state index in [9.17, 15) is 14.0 Å². The van der Waals surface area contributed by atoms with Crippen LogP contribution in [0.5, 0.6) is 0 Å². The number of urea groups is 1. The molecule has 3 amide bonds. The monoisotopic (exact) mass is 461 g/mol. The summed E-state index contributed by atoms with van der Waals surface area (Å²) in [6.45, 7) is 1.90. The molecular formula is C26H28FN5O2. The fourth-order valence-corrected chi connectivity index (χ4v) is 4.73. The molecule has 0 unspecified atom stereocenters. The second-order valence-corrected chi connectivity index (χ2v) is 8.88. The van der Waals surface area contributed by atoms with Gasteiger partial charge in [-0.1, -0.05) is 12.1 Å². The third-order valence-electron chi connectivity index (χ3n) is 6.49. The Morgan fingerprint density at radius 2 is 1.74 bits per heavy atom. The van der Waals surface area contributed by atoms with Gasteiger partial charge in [-0.3, -0.25) is 4.79 Å². The normalized spacial score (nSPS) is 15.1. The van der Waals surface area contributed by atoms with E-state index in [4.69, 9.17) is 0 Å². The van der Waals surface area contributed by atoms with Crippen LogP contribution in [0, 0.1) is 5.82 Å². The van der Waals surface area contributed by atoms with Crippen molar-refractivity contribution in [2.24, 2.45) is 0 Å². The van der Waals surface area contributed by atoms with Gasteiger partial charge < -0.3 is 15.5 Å². The molecule has 176 valence electrons. The van der Waals surface area contributed by atoms with Crippen LogP contribution in [0.2, 0.25) is 0 Å². The summed E-state index contributed by atoms with van der Waals surface area (Å²) in [7, 11) is 0. The molecule has 34 heavy (non-hydrogen) atoms. The maximum Gasteiger partial charge on any atom is 0.321 e. The molecule has 1 fully saturated rings. The Hall–Kier alpha value is -3.68. The minimum atomic E-state index is -0.304. The molecule has 2 N–H and O–H groups in total. The molecule has 0 radical (unpaired) electrons. The molecule has 0 spiro atoms. The van der Waals surface area contributed by atoms with E-state index in [1.807, 2.05) is 29.2 Å². The average Bonchev–Trinajstić information content (AvgIpc) is 3.52. The van der Waals surface area contributed by atoms with E-state index >= 15 is 0 Å². The molecule has 1 aromatic heterocycles. The van der Waals surface area contributed by atoms with Crippen LogP contribution in [0.3, 0.4) is 0 Å². The number of amides is 3. The largest absolute Gasteiger partial charge is 0.347 e. The van der Waals surface area contributed by atoms with Gasteiger partial charge in [0.1, 0.15) is 5.82 Å². The number of nitrogens with one attached hydrogen (secondary N) is 2. The highest BCUT2D eigenvalue weighted by atomic mass is 19.1. The number of hydrogen-bond acceptors (Lipinski definition) is 3. The van der Waals surface area contributed by atoms with Crippen LogP contribution in [0.1, 0.15) is 53.0 Å². The molecule has 5 rings (SSSR count). The van der Waals surface area contributed by atoms with Crippen molar-refractivity contribution in [3.63, 3.8) is 0 Å². The topological polar surface area (TPSA) is 79.3 Å². The molecule has 1 aliphatic heterocycles. The molecule has 2 aromatic carbocycles. The SMILES string of the molecule is O=C(NCc1cccc(NC(=O)N2CCCC2)c1)c1nn(-c2ccc(F)cc2)c2c1CCCC2. The lowest BCUT2D eigenvalue weighted by Crippen LogP contribution is -2.32. The summed E-state index contributed by atoms with van der Waals surface area (Å²) in [5.74, 6) is -0.535. The Morgan fingerprint density at radius 1 is 0.971 bits per heavy atom. The first kappa shape index (κ1) is 22.1. The van der Waals surface area contributed by atoms with E-state index in [1.54, 1.807) is 16.8 Å². The summed E-state index contributed by atoms with van der Waals surface area (Å²) >= 11 is 0. The lowest BCUT2D eigenvalue weighted by atomic mass is 9.95. The van der Waals surface area contributed by atoms with Crippen LogP contribution >= 0.6 is 0 Å². The number of aromatic nitrogens is 2. The lowest BCUT2D eigenvalue weighted by Gasteiger charge is -2.16. The summed E-state index contributed by atoms with van der Waals surface area (Å²) in [6.07, 6.45) is 5.78. The number of benzene rings is 2. The van der Waals surface area contributed by atoms with Gasteiger partial charge in [-0.05, 0) is 80.5 Å². The Balaban J connectivity index is 1.29. The van der Waals surface area contributed by atoms with Crippen molar-refractivity contribution in [3.05, 3.63) is 76.9 Å². The molecule has 7 nitrogen and oxygen atoms in total. The predicted octanol–water partition coefficient (Wildman–Crippen LogP) is 4.45. The van der Waals surface area contributed by atoms with E-state index in [1.165, 1.54) is 12.1 Å². The first-order valence-electron chi connectivity index (χ1n) is 11.9. The van der Waals surface area contributed by atoms with Crippen LogP contribution in [0.25, 0.3) is 5.69 Å². The van der Waals surface area contributed by atoms with Crippen LogP contribution in [0.4, 0.5) is 14.9 Å². The zero-order chi connectivity index (χ0) is 23.5. The van der Waals surface area contributed by atoms with Crippen LogP contribution in [0.15, 0.2) is 48.5 Å². The van der Waals surface area contributed by atoms with Crippen molar-refractivity contribution >= 4 is 17.6 Å². The minimum Gasteiger partial charge on any atom is -0.347 e. The van der Waals surface area contributed by atoms with Crippen molar-refractivity contribution in [3.8, 4) is 5.69 Å². The van der Waals surface area contributed by atoms with Gasteiger partial charge in [-0.15, -0.1) is 0 Å². The summed E-state index contributed by atoms with van der Waals surface area (Å²) in [5, 5.41) is 10.5. The Bertz CT molecular complexity index is 1200. The quantitative estimate of drug-likeness (QED) is 0.589. The minimum absolute atomic E-state index is 0.0864. The number of fused-ring (bicyclic) bond motifs is 1. The van der Waals surface area contributed by atoms with Gasteiger partial charge in [0, 0.05) is 36.6 Å². The summed E-state index contributed by atoms with van der Waals surface area (Å²) < 4.78 is 15.2. The highest BCUT2D eigenvalue weighted by Gasteiger charge is 2.25. The van der Waals surface area contributed by atoms with Gasteiger partial charge in [0.25, 0.3) is 5.91 Å². The Kier molecular flexibility index (Phi) is 6.29. The van der Waals surface area contributed by atoms with Gasteiger partial charge in [0.2, 0.25) is 0 Å². The van der Waals surface area contributed by atoms with Crippen LogP contribution < -0.4 is 10.6 Å². The van der Waals surface area contributed by atoms with E-state index in [0.29, 0.717) is 17.9 Å². The number of anilines is 1. The molecule has 1 saturated heterocycles. The van der Waals surface area contributed by atoms with Gasteiger partial charge in [-0.25, -0.2) is 13.9 Å². The maximum absolute atomic E-state index is 13.4. The second-order valence-electron chi connectivity index (χ2n) is 8.88. The molecule has 2 aliphatic rings. The van der Waals surface area contributed by atoms with Crippen molar-refractivity contribution < 1.29 is 14.0 Å². The summed E-state index contributed by atoms with van der Waals surface area (Å²) in [4.78, 5) is 27.3. The first-order valence-corrected chi connectivity index (χ1v) is 11.9. The average molecular weight is 462 g/mol. The number of nitrogens with zero attached hydrogens (tertiary/aromatic N) is 3. The van der Waals surface area contributed by atoms with Crippen molar-refractivity contribution in [1.82, 2.24) is 20.0 Å². The highest BCUT2D eigenvalue weighted by Crippen LogP contribution is 2.27. The molecule has 0 atom stereocenters. The van der Waals surface area contributed by atoms with Crippen LogP contribution in [-0.4, -0.2) is 39.7 Å².